The van der Waals surface area contributed by atoms with Crippen molar-refractivity contribution in [3.8, 4) is 0 Å². The molecule has 1 aliphatic rings. The van der Waals surface area contributed by atoms with Crippen LogP contribution in [0.5, 0.6) is 0 Å². The van der Waals surface area contributed by atoms with E-state index in [2.05, 4.69) is 39.6 Å². The van der Waals surface area contributed by atoms with Gasteiger partial charge in [0.15, 0.2) is 0 Å². The average Bonchev–Trinajstić information content (AvgIpc) is 2.00. The van der Waals surface area contributed by atoms with Crippen LogP contribution >= 0.6 is 0 Å². The fraction of sp³-hybridized carbons (Fsp3) is 1.00. The molecule has 0 radical (unpaired) electrons. The SMILES string of the molecule is CCCC1(C)CC(C)CC(C)N1C. The van der Waals surface area contributed by atoms with E-state index >= 15 is 0 Å². The van der Waals surface area contributed by atoms with Crippen LogP contribution in [0.4, 0.5) is 0 Å². The molecular formula is C12H25N. The summed E-state index contributed by atoms with van der Waals surface area (Å²) in [5, 5.41) is 0. The van der Waals surface area contributed by atoms with Gasteiger partial charge >= 0.3 is 0 Å². The zero-order valence-electron chi connectivity index (χ0n) is 9.93. The summed E-state index contributed by atoms with van der Waals surface area (Å²) in [5.41, 5.74) is 0.464. The highest BCUT2D eigenvalue weighted by Crippen LogP contribution is 2.36. The van der Waals surface area contributed by atoms with Gasteiger partial charge in [0.05, 0.1) is 0 Å². The quantitative estimate of drug-likeness (QED) is 0.635. The standard InChI is InChI=1S/C12H25N/c1-6-7-12(4)9-10(2)8-11(3)13(12)5/h10-11H,6-9H2,1-5H3. The molecule has 78 valence electrons. The zero-order chi connectivity index (χ0) is 10.1. The first-order chi connectivity index (χ1) is 5.99. The van der Waals surface area contributed by atoms with E-state index < -0.39 is 0 Å². The second-order valence-corrected chi connectivity index (χ2v) is 5.25. The van der Waals surface area contributed by atoms with E-state index in [1.165, 1.54) is 25.7 Å². The van der Waals surface area contributed by atoms with Crippen molar-refractivity contribution in [2.75, 3.05) is 7.05 Å². The lowest BCUT2D eigenvalue weighted by molar-refractivity contribution is 0.0129. The van der Waals surface area contributed by atoms with E-state index in [0.717, 1.165) is 12.0 Å². The predicted molar refractivity (Wildman–Crippen MR) is 58.9 cm³/mol. The molecule has 0 aliphatic carbocycles. The smallest absolute Gasteiger partial charge is 0.0183 e. The molecule has 0 bridgehead atoms. The molecule has 3 unspecified atom stereocenters. The van der Waals surface area contributed by atoms with Gasteiger partial charge in [-0.15, -0.1) is 0 Å². The summed E-state index contributed by atoms with van der Waals surface area (Å²) in [4.78, 5) is 2.59. The van der Waals surface area contributed by atoms with Gasteiger partial charge in [0.1, 0.15) is 0 Å². The second kappa shape index (κ2) is 4.00. The third-order valence-electron chi connectivity index (χ3n) is 3.83. The summed E-state index contributed by atoms with van der Waals surface area (Å²) in [6, 6.07) is 0.764. The number of hydrogen-bond donors (Lipinski definition) is 0. The third-order valence-corrected chi connectivity index (χ3v) is 3.83. The molecule has 0 amide bonds. The molecule has 0 saturated carbocycles. The van der Waals surface area contributed by atoms with Crippen LogP contribution < -0.4 is 0 Å². The van der Waals surface area contributed by atoms with Crippen molar-refractivity contribution in [2.45, 2.75) is 65.0 Å². The average molecular weight is 183 g/mol. The maximum absolute atomic E-state index is 2.59. The molecule has 1 heteroatoms. The fourth-order valence-electron chi connectivity index (χ4n) is 3.07. The normalized spacial score (nSPS) is 42.2. The Morgan fingerprint density at radius 2 is 2.00 bits per heavy atom. The summed E-state index contributed by atoms with van der Waals surface area (Å²) in [6.45, 7) is 9.49. The Morgan fingerprint density at radius 1 is 1.38 bits per heavy atom. The Balaban J connectivity index is 2.69. The minimum absolute atomic E-state index is 0.464. The topological polar surface area (TPSA) is 3.24 Å². The van der Waals surface area contributed by atoms with E-state index in [1.54, 1.807) is 0 Å². The first-order valence-electron chi connectivity index (χ1n) is 5.72. The van der Waals surface area contributed by atoms with Crippen LogP contribution in [0.25, 0.3) is 0 Å². The summed E-state index contributed by atoms with van der Waals surface area (Å²) < 4.78 is 0. The molecule has 1 saturated heterocycles. The largest absolute Gasteiger partial charge is 0.298 e. The van der Waals surface area contributed by atoms with Crippen molar-refractivity contribution in [1.82, 2.24) is 4.90 Å². The van der Waals surface area contributed by atoms with Crippen molar-refractivity contribution in [3.05, 3.63) is 0 Å². The molecule has 1 heterocycles. The maximum atomic E-state index is 2.59. The lowest BCUT2D eigenvalue weighted by Gasteiger charge is -2.49. The van der Waals surface area contributed by atoms with Crippen LogP contribution in [0, 0.1) is 5.92 Å². The Labute approximate surface area is 83.5 Å². The molecule has 0 aromatic carbocycles. The number of piperidine rings is 1. The maximum Gasteiger partial charge on any atom is 0.0183 e. The number of likely N-dealkylation sites (tertiary alicyclic amines) is 1. The van der Waals surface area contributed by atoms with Gasteiger partial charge in [-0.25, -0.2) is 0 Å². The van der Waals surface area contributed by atoms with Crippen LogP contribution in [0.15, 0.2) is 0 Å². The highest BCUT2D eigenvalue weighted by molar-refractivity contribution is 4.93. The lowest BCUT2D eigenvalue weighted by atomic mass is 9.77. The van der Waals surface area contributed by atoms with Crippen molar-refractivity contribution in [3.63, 3.8) is 0 Å². The molecular weight excluding hydrogens is 158 g/mol. The molecule has 13 heavy (non-hydrogen) atoms. The van der Waals surface area contributed by atoms with Gasteiger partial charge in [-0.05, 0) is 46.1 Å². The van der Waals surface area contributed by atoms with Gasteiger partial charge in [0.2, 0.25) is 0 Å². The summed E-state index contributed by atoms with van der Waals surface area (Å²) in [5.74, 6) is 0.905. The van der Waals surface area contributed by atoms with Crippen LogP contribution in [-0.4, -0.2) is 23.5 Å². The van der Waals surface area contributed by atoms with Crippen molar-refractivity contribution >= 4 is 0 Å². The molecule has 0 spiro atoms. The monoisotopic (exact) mass is 183 g/mol. The molecule has 1 aliphatic heterocycles. The molecule has 3 atom stereocenters. The van der Waals surface area contributed by atoms with Gasteiger partial charge in [-0.2, -0.15) is 0 Å². The van der Waals surface area contributed by atoms with Gasteiger partial charge in [-0.3, -0.25) is 4.90 Å². The molecule has 1 rings (SSSR count). The Kier molecular flexibility index (Phi) is 3.39. The summed E-state index contributed by atoms with van der Waals surface area (Å²) in [7, 11) is 2.30. The van der Waals surface area contributed by atoms with E-state index in [0.29, 0.717) is 5.54 Å². The molecule has 0 aromatic rings. The third kappa shape index (κ3) is 2.25. The number of hydrogen-bond acceptors (Lipinski definition) is 1. The minimum atomic E-state index is 0.464. The molecule has 0 N–H and O–H groups in total. The first kappa shape index (κ1) is 11.0. The lowest BCUT2D eigenvalue weighted by Crippen LogP contribution is -2.53. The number of nitrogens with zero attached hydrogens (tertiary/aromatic N) is 1. The predicted octanol–water partition coefficient (Wildman–Crippen LogP) is 3.30. The van der Waals surface area contributed by atoms with Crippen LogP contribution in [0.1, 0.15) is 53.4 Å². The first-order valence-corrected chi connectivity index (χ1v) is 5.72. The zero-order valence-corrected chi connectivity index (χ0v) is 9.93. The van der Waals surface area contributed by atoms with Crippen molar-refractivity contribution in [1.29, 1.82) is 0 Å². The van der Waals surface area contributed by atoms with Gasteiger partial charge in [-0.1, -0.05) is 20.3 Å². The Bertz CT molecular complexity index is 167. The van der Waals surface area contributed by atoms with Crippen LogP contribution in [0.3, 0.4) is 0 Å². The number of rotatable bonds is 2. The Morgan fingerprint density at radius 3 is 2.54 bits per heavy atom. The molecule has 0 aromatic heterocycles. The van der Waals surface area contributed by atoms with E-state index in [1.807, 2.05) is 0 Å². The van der Waals surface area contributed by atoms with E-state index in [9.17, 15) is 0 Å². The summed E-state index contributed by atoms with van der Waals surface area (Å²) in [6.07, 6.45) is 5.40. The second-order valence-electron chi connectivity index (χ2n) is 5.25. The van der Waals surface area contributed by atoms with Crippen LogP contribution in [-0.2, 0) is 0 Å². The Hall–Kier alpha value is -0.0400. The van der Waals surface area contributed by atoms with Crippen molar-refractivity contribution in [2.24, 2.45) is 5.92 Å². The molecule has 1 fully saturated rings. The summed E-state index contributed by atoms with van der Waals surface area (Å²) >= 11 is 0. The van der Waals surface area contributed by atoms with Crippen LogP contribution in [0.2, 0.25) is 0 Å². The fourth-order valence-corrected chi connectivity index (χ4v) is 3.07. The molecule has 1 nitrogen and oxygen atoms in total. The van der Waals surface area contributed by atoms with Gasteiger partial charge < -0.3 is 0 Å². The minimum Gasteiger partial charge on any atom is -0.298 e. The van der Waals surface area contributed by atoms with E-state index in [4.69, 9.17) is 0 Å². The van der Waals surface area contributed by atoms with E-state index in [-0.39, 0.29) is 0 Å². The van der Waals surface area contributed by atoms with Gasteiger partial charge in [0.25, 0.3) is 0 Å². The van der Waals surface area contributed by atoms with Gasteiger partial charge in [0, 0.05) is 11.6 Å². The van der Waals surface area contributed by atoms with Crippen molar-refractivity contribution < 1.29 is 0 Å². The highest BCUT2D eigenvalue weighted by atomic mass is 15.2. The highest BCUT2D eigenvalue weighted by Gasteiger charge is 2.37.